The Morgan fingerprint density at radius 3 is 1.93 bits per heavy atom. The van der Waals surface area contributed by atoms with Crippen LogP contribution in [0.2, 0.25) is 0 Å². The van der Waals surface area contributed by atoms with Gasteiger partial charge in [-0.2, -0.15) is 0 Å². The second kappa shape index (κ2) is 18.2. The zero-order valence-electron chi connectivity index (χ0n) is 26.7. The zero-order valence-corrected chi connectivity index (χ0v) is 26.7. The van der Waals surface area contributed by atoms with E-state index >= 15 is 0 Å². The van der Waals surface area contributed by atoms with E-state index in [2.05, 4.69) is 21.3 Å². The highest BCUT2D eigenvalue weighted by Crippen LogP contribution is 2.22. The minimum absolute atomic E-state index is 0.152. The molecule has 0 bridgehead atoms. The van der Waals surface area contributed by atoms with E-state index in [9.17, 15) is 24.3 Å². The van der Waals surface area contributed by atoms with Crippen LogP contribution in [0, 0.1) is 13.8 Å². The summed E-state index contributed by atoms with van der Waals surface area (Å²) >= 11 is 0. The predicted molar refractivity (Wildman–Crippen MR) is 176 cm³/mol. The third-order valence-electron chi connectivity index (χ3n) is 7.73. The van der Waals surface area contributed by atoms with E-state index in [1.807, 2.05) is 74.5 Å². The molecule has 3 aromatic carbocycles. The summed E-state index contributed by atoms with van der Waals surface area (Å²) < 4.78 is 5.24. The molecule has 246 valence electrons. The van der Waals surface area contributed by atoms with Crippen LogP contribution in [0.25, 0.3) is 0 Å². The number of likely N-dealkylation sites (N-methyl/N-ethyl adjacent to an activating group) is 1. The van der Waals surface area contributed by atoms with Crippen LogP contribution in [0.15, 0.2) is 72.8 Å². The minimum atomic E-state index is -0.974. The lowest BCUT2D eigenvalue weighted by molar-refractivity contribution is -0.132. The Bertz CT molecular complexity index is 1430. The van der Waals surface area contributed by atoms with E-state index in [1.54, 1.807) is 19.2 Å². The maximum absolute atomic E-state index is 13.5. The van der Waals surface area contributed by atoms with Crippen molar-refractivity contribution in [2.24, 2.45) is 5.73 Å². The van der Waals surface area contributed by atoms with Crippen molar-refractivity contribution < 1.29 is 29.0 Å². The second-order valence-electron chi connectivity index (χ2n) is 11.3. The molecule has 3 aromatic rings. The molecular weight excluding hydrogens is 586 g/mol. The quantitative estimate of drug-likeness (QED) is 0.124. The maximum atomic E-state index is 13.5. The second-order valence-corrected chi connectivity index (χ2v) is 11.3. The molecule has 4 amide bonds. The molecule has 0 saturated carbocycles. The number of hydrogen-bond acceptors (Lipinski definition) is 7. The fourth-order valence-electron chi connectivity index (χ4n) is 5.15. The minimum Gasteiger partial charge on any atom is -0.508 e. The number of primary amides is 1. The SMILES string of the molecule is CNC(Cc1c(C)cc(O)cc1C)C(=O)NC(CCCCNC(=O)OCc1ccccc1)C(=O)NC(Cc1ccccc1)C(N)=O. The van der Waals surface area contributed by atoms with Crippen LogP contribution >= 0.6 is 0 Å². The third-order valence-corrected chi connectivity index (χ3v) is 7.73. The molecule has 0 heterocycles. The van der Waals surface area contributed by atoms with E-state index in [0.717, 1.165) is 27.8 Å². The van der Waals surface area contributed by atoms with Gasteiger partial charge in [0.15, 0.2) is 0 Å². The average Bonchev–Trinajstić information content (AvgIpc) is 3.03. The normalized spacial score (nSPS) is 12.8. The molecule has 0 saturated heterocycles. The Morgan fingerprint density at radius 2 is 1.35 bits per heavy atom. The van der Waals surface area contributed by atoms with Gasteiger partial charge in [-0.15, -0.1) is 0 Å². The van der Waals surface area contributed by atoms with Crippen LogP contribution in [0.3, 0.4) is 0 Å². The molecule has 0 spiro atoms. The Morgan fingerprint density at radius 1 is 0.783 bits per heavy atom. The number of aryl methyl sites for hydroxylation is 2. The summed E-state index contributed by atoms with van der Waals surface area (Å²) in [6, 6.07) is 19.2. The van der Waals surface area contributed by atoms with E-state index in [4.69, 9.17) is 10.5 Å². The maximum Gasteiger partial charge on any atom is 0.407 e. The van der Waals surface area contributed by atoms with Gasteiger partial charge < -0.3 is 36.8 Å². The van der Waals surface area contributed by atoms with Crippen LogP contribution in [0.1, 0.15) is 47.1 Å². The molecule has 0 aliphatic heterocycles. The van der Waals surface area contributed by atoms with Crippen LogP contribution in [0.5, 0.6) is 5.75 Å². The van der Waals surface area contributed by atoms with Crippen molar-refractivity contribution in [3.63, 3.8) is 0 Å². The number of carbonyl (C=O) groups excluding carboxylic acids is 4. The molecular formula is C35H45N5O6. The molecule has 0 aromatic heterocycles. The first-order valence-electron chi connectivity index (χ1n) is 15.4. The highest BCUT2D eigenvalue weighted by Gasteiger charge is 2.28. The van der Waals surface area contributed by atoms with Crippen LogP contribution in [-0.2, 0) is 38.6 Å². The lowest BCUT2D eigenvalue weighted by Crippen LogP contribution is -2.56. The molecule has 3 atom stereocenters. The number of nitrogens with one attached hydrogen (secondary N) is 4. The first-order chi connectivity index (χ1) is 22.1. The molecule has 11 nitrogen and oxygen atoms in total. The summed E-state index contributed by atoms with van der Waals surface area (Å²) in [4.78, 5) is 51.4. The van der Waals surface area contributed by atoms with Crippen molar-refractivity contribution in [1.29, 1.82) is 0 Å². The number of aromatic hydroxyl groups is 1. The van der Waals surface area contributed by atoms with Gasteiger partial charge >= 0.3 is 6.09 Å². The standard InChI is InChI=1S/C35H45N5O6/c1-23-18-27(41)19-24(2)28(23)21-31(37-3)34(44)39-29(33(43)40-30(32(36)42)20-25-12-6-4-7-13-25)16-10-11-17-38-35(45)46-22-26-14-8-5-9-15-26/h4-9,12-15,18-19,29-31,37,41H,10-11,16-17,20-22H2,1-3H3,(H2,36,42)(H,38,45)(H,39,44)(H,40,43). The number of amides is 4. The molecule has 7 N–H and O–H groups in total. The van der Waals surface area contributed by atoms with E-state index in [-0.39, 0.29) is 25.2 Å². The molecule has 3 unspecified atom stereocenters. The molecule has 3 rings (SSSR count). The number of unbranched alkanes of at least 4 members (excludes halogenated alkanes) is 1. The first kappa shape index (κ1) is 35.6. The zero-order chi connectivity index (χ0) is 33.5. The average molecular weight is 632 g/mol. The Hall–Kier alpha value is -4.90. The largest absolute Gasteiger partial charge is 0.508 e. The van der Waals surface area contributed by atoms with Crippen molar-refractivity contribution >= 4 is 23.8 Å². The fraction of sp³-hybridized carbons (Fsp3) is 0.371. The van der Waals surface area contributed by atoms with Crippen molar-refractivity contribution in [2.45, 2.75) is 70.7 Å². The Kier molecular flexibility index (Phi) is 14.0. The van der Waals surface area contributed by atoms with Gasteiger partial charge in [0.2, 0.25) is 17.7 Å². The number of benzene rings is 3. The third kappa shape index (κ3) is 11.6. The predicted octanol–water partition coefficient (Wildman–Crippen LogP) is 2.93. The van der Waals surface area contributed by atoms with Crippen LogP contribution in [0.4, 0.5) is 4.79 Å². The number of alkyl carbamates (subject to hydrolysis) is 1. The lowest BCUT2D eigenvalue weighted by Gasteiger charge is -2.25. The number of rotatable bonds is 17. The fourth-order valence-corrected chi connectivity index (χ4v) is 5.15. The topological polar surface area (TPSA) is 172 Å². The highest BCUT2D eigenvalue weighted by molar-refractivity contribution is 5.93. The van der Waals surface area contributed by atoms with Gasteiger partial charge in [-0.05, 0) is 86.5 Å². The van der Waals surface area contributed by atoms with Crippen LogP contribution in [-0.4, -0.2) is 60.6 Å². The van der Waals surface area contributed by atoms with Gasteiger partial charge in [0.1, 0.15) is 24.4 Å². The van der Waals surface area contributed by atoms with Crippen molar-refractivity contribution in [3.8, 4) is 5.75 Å². The first-order valence-corrected chi connectivity index (χ1v) is 15.4. The number of hydrogen-bond donors (Lipinski definition) is 6. The molecule has 0 aliphatic carbocycles. The van der Waals surface area contributed by atoms with E-state index in [0.29, 0.717) is 25.8 Å². The molecule has 46 heavy (non-hydrogen) atoms. The molecule has 11 heteroatoms. The van der Waals surface area contributed by atoms with Gasteiger partial charge in [0.25, 0.3) is 0 Å². The van der Waals surface area contributed by atoms with Gasteiger partial charge in [0, 0.05) is 13.0 Å². The molecule has 0 aliphatic rings. The molecule has 0 fully saturated rings. The van der Waals surface area contributed by atoms with E-state index < -0.39 is 41.9 Å². The number of ether oxygens (including phenoxy) is 1. The van der Waals surface area contributed by atoms with Crippen LogP contribution < -0.4 is 27.0 Å². The van der Waals surface area contributed by atoms with Gasteiger partial charge in [-0.25, -0.2) is 4.79 Å². The van der Waals surface area contributed by atoms with Gasteiger partial charge in [0.05, 0.1) is 6.04 Å². The Balaban J connectivity index is 1.64. The van der Waals surface area contributed by atoms with Crippen molar-refractivity contribution in [3.05, 3.63) is 101 Å². The number of nitrogens with two attached hydrogens (primary N) is 1. The summed E-state index contributed by atoms with van der Waals surface area (Å²) in [6.45, 7) is 4.20. The summed E-state index contributed by atoms with van der Waals surface area (Å²) in [5, 5.41) is 21.2. The monoisotopic (exact) mass is 631 g/mol. The highest BCUT2D eigenvalue weighted by atomic mass is 16.5. The molecule has 0 radical (unpaired) electrons. The number of phenols is 1. The van der Waals surface area contributed by atoms with Crippen molar-refractivity contribution in [1.82, 2.24) is 21.3 Å². The smallest absolute Gasteiger partial charge is 0.407 e. The summed E-state index contributed by atoms with van der Waals surface area (Å²) in [7, 11) is 1.66. The van der Waals surface area contributed by atoms with Crippen molar-refractivity contribution in [2.75, 3.05) is 13.6 Å². The van der Waals surface area contributed by atoms with E-state index in [1.165, 1.54) is 0 Å². The van der Waals surface area contributed by atoms with Gasteiger partial charge in [-0.1, -0.05) is 60.7 Å². The van der Waals surface area contributed by atoms with Gasteiger partial charge in [-0.3, -0.25) is 14.4 Å². The summed E-state index contributed by atoms with van der Waals surface area (Å²) in [5.74, 6) is -1.46. The number of carbonyl (C=O) groups is 4. The number of phenolic OH excluding ortho intramolecular Hbond substituents is 1. The summed E-state index contributed by atoms with van der Waals surface area (Å²) in [5.41, 5.74) is 9.94. The summed E-state index contributed by atoms with van der Waals surface area (Å²) in [6.07, 6.45) is 1.25. The Labute approximate surface area is 270 Å². The lowest BCUT2D eigenvalue weighted by atomic mass is 9.95.